The van der Waals surface area contributed by atoms with Crippen molar-refractivity contribution in [1.29, 1.82) is 0 Å². The maximum absolute atomic E-state index is 11.9. The first kappa shape index (κ1) is 18.6. The average Bonchev–Trinajstić information content (AvgIpc) is 2.81. The van der Waals surface area contributed by atoms with Gasteiger partial charge in [0.15, 0.2) is 0 Å². The third kappa shape index (κ3) is 5.71. The van der Waals surface area contributed by atoms with Crippen LogP contribution in [0.2, 0.25) is 0 Å². The molecular weight excluding hydrogens is 328 g/mol. The van der Waals surface area contributed by atoms with Crippen molar-refractivity contribution in [3.8, 4) is 0 Å². The normalized spacial score (nSPS) is 21.0. The fraction of sp³-hybridized carbons (Fsp3) is 0.556. The van der Waals surface area contributed by atoms with E-state index in [1.807, 2.05) is 30.3 Å². The van der Waals surface area contributed by atoms with E-state index in [2.05, 4.69) is 12.2 Å². The molecule has 1 aromatic carbocycles. The molecule has 0 radical (unpaired) electrons. The molecule has 24 heavy (non-hydrogen) atoms. The van der Waals surface area contributed by atoms with E-state index in [-0.39, 0.29) is 23.8 Å². The van der Waals surface area contributed by atoms with Gasteiger partial charge in [-0.25, -0.2) is 4.79 Å². The minimum atomic E-state index is -0.431. The first-order valence-electron chi connectivity index (χ1n) is 8.31. The Balaban J connectivity index is 1.82. The van der Waals surface area contributed by atoms with Crippen LogP contribution in [0, 0.1) is 5.41 Å². The predicted octanol–water partition coefficient (Wildman–Crippen LogP) is 3.17. The molecule has 0 saturated carbocycles. The van der Waals surface area contributed by atoms with E-state index in [0.29, 0.717) is 13.1 Å². The summed E-state index contributed by atoms with van der Waals surface area (Å²) < 4.78 is 5.24. The summed E-state index contributed by atoms with van der Waals surface area (Å²) in [5.41, 5.74) is 0.788. The Morgan fingerprint density at radius 1 is 1.29 bits per heavy atom. The topological polar surface area (TPSA) is 58.6 Å². The van der Waals surface area contributed by atoms with E-state index in [0.717, 1.165) is 31.4 Å². The lowest BCUT2D eigenvalue weighted by atomic mass is 9.85. The monoisotopic (exact) mass is 352 g/mol. The highest BCUT2D eigenvalue weighted by atomic mass is 35.5. The number of amides is 2. The van der Waals surface area contributed by atoms with Crippen LogP contribution in [-0.4, -0.2) is 42.4 Å². The van der Waals surface area contributed by atoms with Gasteiger partial charge in [-0.05, 0) is 18.4 Å². The second-order valence-electron chi connectivity index (χ2n) is 6.63. The molecule has 1 unspecified atom stereocenters. The van der Waals surface area contributed by atoms with Gasteiger partial charge >= 0.3 is 6.09 Å². The lowest BCUT2D eigenvalue weighted by Gasteiger charge is -2.32. The molecule has 132 valence electrons. The highest BCUT2D eigenvalue weighted by molar-refractivity contribution is 6.27. The van der Waals surface area contributed by atoms with Crippen LogP contribution in [0.4, 0.5) is 4.79 Å². The minimum absolute atomic E-state index is 0.00261. The molecule has 1 aromatic rings. The lowest BCUT2D eigenvalue weighted by Crippen LogP contribution is -2.45. The first-order valence-corrected chi connectivity index (χ1v) is 8.84. The van der Waals surface area contributed by atoms with Crippen molar-refractivity contribution in [1.82, 2.24) is 10.2 Å². The second-order valence-corrected chi connectivity index (χ2v) is 6.90. The van der Waals surface area contributed by atoms with E-state index in [9.17, 15) is 9.59 Å². The number of rotatable bonds is 5. The van der Waals surface area contributed by atoms with Crippen molar-refractivity contribution in [2.24, 2.45) is 5.41 Å². The Morgan fingerprint density at radius 2 is 2.04 bits per heavy atom. The third-order valence-corrected chi connectivity index (χ3v) is 4.60. The van der Waals surface area contributed by atoms with Crippen LogP contribution < -0.4 is 5.32 Å². The molecule has 1 heterocycles. The number of carbonyl (C=O) groups excluding carboxylic acids is 2. The quantitative estimate of drug-likeness (QED) is 0.828. The number of alkyl halides is 1. The molecule has 0 spiro atoms. The molecule has 2 amide bonds. The van der Waals surface area contributed by atoms with Crippen LogP contribution in [0.5, 0.6) is 0 Å². The molecule has 6 heteroatoms. The molecule has 1 saturated heterocycles. The maximum Gasteiger partial charge on any atom is 0.407 e. The van der Waals surface area contributed by atoms with Gasteiger partial charge in [-0.3, -0.25) is 4.79 Å². The number of ether oxygens (including phenoxy) is 1. The molecular formula is C18H25ClN2O3. The van der Waals surface area contributed by atoms with Crippen LogP contribution >= 0.6 is 11.6 Å². The van der Waals surface area contributed by atoms with Crippen molar-refractivity contribution in [2.75, 3.05) is 25.5 Å². The first-order chi connectivity index (χ1) is 11.5. The summed E-state index contributed by atoms with van der Waals surface area (Å²) in [7, 11) is 0. The fourth-order valence-corrected chi connectivity index (χ4v) is 3.14. The second kappa shape index (κ2) is 8.92. The molecule has 1 aliphatic rings. The van der Waals surface area contributed by atoms with E-state index in [4.69, 9.17) is 16.3 Å². The molecule has 1 atom stereocenters. The summed E-state index contributed by atoms with van der Waals surface area (Å²) in [5, 5.41) is 2.84. The number of halogens is 1. The summed E-state index contributed by atoms with van der Waals surface area (Å²) in [6, 6.07) is 9.56. The van der Waals surface area contributed by atoms with Crippen molar-refractivity contribution < 1.29 is 14.3 Å². The highest BCUT2D eigenvalue weighted by Crippen LogP contribution is 2.28. The molecule has 0 aliphatic carbocycles. The van der Waals surface area contributed by atoms with E-state index < -0.39 is 6.09 Å². The number of likely N-dealkylation sites (tertiary alicyclic amines) is 1. The molecule has 1 fully saturated rings. The predicted molar refractivity (Wildman–Crippen MR) is 93.9 cm³/mol. The van der Waals surface area contributed by atoms with E-state index in [1.165, 1.54) is 0 Å². The minimum Gasteiger partial charge on any atom is -0.445 e. The van der Waals surface area contributed by atoms with Crippen LogP contribution in [-0.2, 0) is 16.1 Å². The molecule has 5 nitrogen and oxygen atoms in total. The van der Waals surface area contributed by atoms with Crippen molar-refractivity contribution >= 4 is 23.6 Å². The number of carbonyl (C=O) groups is 2. The van der Waals surface area contributed by atoms with Gasteiger partial charge in [0.25, 0.3) is 0 Å². The SMILES string of the molecule is CC1(CNC(=O)OCc2ccccc2)CCCCN(C(=O)CCl)C1. The van der Waals surface area contributed by atoms with Gasteiger partial charge in [0.1, 0.15) is 12.5 Å². The average molecular weight is 353 g/mol. The molecule has 0 bridgehead atoms. The van der Waals surface area contributed by atoms with Gasteiger partial charge in [0.05, 0.1) is 0 Å². The summed E-state index contributed by atoms with van der Waals surface area (Å²) in [5.74, 6) is -0.0424. The zero-order valence-corrected chi connectivity index (χ0v) is 14.8. The summed E-state index contributed by atoms with van der Waals surface area (Å²) in [4.78, 5) is 25.6. The van der Waals surface area contributed by atoms with Gasteiger partial charge in [0.2, 0.25) is 5.91 Å². The largest absolute Gasteiger partial charge is 0.445 e. The zero-order chi connectivity index (χ0) is 17.4. The van der Waals surface area contributed by atoms with Gasteiger partial charge in [-0.15, -0.1) is 11.6 Å². The van der Waals surface area contributed by atoms with Crippen molar-refractivity contribution in [2.45, 2.75) is 32.8 Å². The van der Waals surface area contributed by atoms with Crippen LogP contribution in [0.3, 0.4) is 0 Å². The van der Waals surface area contributed by atoms with Gasteiger partial charge in [0, 0.05) is 25.0 Å². The standard InChI is InChI=1S/C18H25ClN2O3/c1-18(9-5-6-10-21(14-18)16(22)11-19)13-20-17(23)24-12-15-7-3-2-4-8-15/h2-4,7-8H,5-6,9-14H2,1H3,(H,20,23). The Kier molecular flexibility index (Phi) is 6.91. The summed E-state index contributed by atoms with van der Waals surface area (Å²) >= 11 is 5.68. The lowest BCUT2D eigenvalue weighted by molar-refractivity contribution is -0.129. The molecule has 1 aliphatic heterocycles. The Bertz CT molecular complexity index is 552. The van der Waals surface area contributed by atoms with Crippen LogP contribution in [0.15, 0.2) is 30.3 Å². The number of alkyl carbamates (subject to hydrolysis) is 1. The van der Waals surface area contributed by atoms with Gasteiger partial charge in [-0.2, -0.15) is 0 Å². The van der Waals surface area contributed by atoms with E-state index in [1.54, 1.807) is 4.90 Å². The van der Waals surface area contributed by atoms with Crippen LogP contribution in [0.1, 0.15) is 31.7 Å². The molecule has 0 aromatic heterocycles. The van der Waals surface area contributed by atoms with Crippen molar-refractivity contribution in [3.05, 3.63) is 35.9 Å². The highest BCUT2D eigenvalue weighted by Gasteiger charge is 2.31. The fourth-order valence-electron chi connectivity index (χ4n) is 2.97. The Hall–Kier alpha value is -1.75. The molecule has 2 rings (SSSR count). The summed E-state index contributed by atoms with van der Waals surface area (Å²) in [6.07, 6.45) is 2.53. The Morgan fingerprint density at radius 3 is 2.75 bits per heavy atom. The van der Waals surface area contributed by atoms with Gasteiger partial charge in [-0.1, -0.05) is 43.7 Å². The third-order valence-electron chi connectivity index (χ3n) is 4.37. The summed E-state index contributed by atoms with van der Waals surface area (Å²) in [6.45, 7) is 4.16. The van der Waals surface area contributed by atoms with E-state index >= 15 is 0 Å². The number of benzene rings is 1. The van der Waals surface area contributed by atoms with Gasteiger partial charge < -0.3 is 15.0 Å². The maximum atomic E-state index is 11.9. The number of hydrogen-bond donors (Lipinski definition) is 1. The van der Waals surface area contributed by atoms with Crippen LogP contribution in [0.25, 0.3) is 0 Å². The van der Waals surface area contributed by atoms with Crippen molar-refractivity contribution in [3.63, 3.8) is 0 Å². The number of hydrogen-bond acceptors (Lipinski definition) is 3. The molecule has 1 N–H and O–H groups in total. The Labute approximate surface area is 148 Å². The number of nitrogens with zero attached hydrogens (tertiary/aromatic N) is 1. The smallest absolute Gasteiger partial charge is 0.407 e. The zero-order valence-electron chi connectivity index (χ0n) is 14.1. The number of nitrogens with one attached hydrogen (secondary N) is 1.